The molecule has 0 spiro atoms. The molecule has 0 saturated heterocycles. The van der Waals surface area contributed by atoms with Crippen LogP contribution >= 0.6 is 0 Å². The first-order valence-corrected chi connectivity index (χ1v) is 11.0. The van der Waals surface area contributed by atoms with Crippen LogP contribution in [0.3, 0.4) is 0 Å². The van der Waals surface area contributed by atoms with Crippen molar-refractivity contribution in [2.24, 2.45) is 0 Å². The van der Waals surface area contributed by atoms with Crippen molar-refractivity contribution >= 4 is 36.6 Å². The SMILES string of the molecule is C=Cc1c(C[Si](C)(C)c2ccccc2)c2ccccc2n1C=O. The average Bonchev–Trinajstić information content (AvgIpc) is 2.88. The molecule has 3 rings (SSSR count). The quantitative estimate of drug-likeness (QED) is 0.514. The lowest BCUT2D eigenvalue weighted by Gasteiger charge is -2.23. The summed E-state index contributed by atoms with van der Waals surface area (Å²) >= 11 is 0. The first-order valence-electron chi connectivity index (χ1n) is 7.83. The lowest BCUT2D eigenvalue weighted by Crippen LogP contribution is -2.44. The maximum absolute atomic E-state index is 11.6. The molecule has 0 amide bonds. The summed E-state index contributed by atoms with van der Waals surface area (Å²) < 4.78 is 1.72. The van der Waals surface area contributed by atoms with Crippen molar-refractivity contribution in [2.45, 2.75) is 19.1 Å². The van der Waals surface area contributed by atoms with Crippen LogP contribution in [0.2, 0.25) is 13.1 Å². The number of benzene rings is 2. The van der Waals surface area contributed by atoms with E-state index in [-0.39, 0.29) is 0 Å². The summed E-state index contributed by atoms with van der Waals surface area (Å²) in [5.74, 6) is 0. The van der Waals surface area contributed by atoms with Crippen molar-refractivity contribution < 1.29 is 4.79 Å². The van der Waals surface area contributed by atoms with E-state index >= 15 is 0 Å². The first-order chi connectivity index (χ1) is 11.1. The lowest BCUT2D eigenvalue weighted by atomic mass is 10.1. The van der Waals surface area contributed by atoms with Crippen LogP contribution in [0.25, 0.3) is 17.0 Å². The smallest absolute Gasteiger partial charge is 0.218 e. The summed E-state index contributed by atoms with van der Waals surface area (Å²) in [5.41, 5.74) is 3.13. The zero-order valence-corrected chi connectivity index (χ0v) is 14.6. The van der Waals surface area contributed by atoms with E-state index in [2.05, 4.69) is 56.1 Å². The minimum atomic E-state index is -1.66. The number of carbonyl (C=O) groups is 1. The number of fused-ring (bicyclic) bond motifs is 1. The van der Waals surface area contributed by atoms with Crippen LogP contribution < -0.4 is 5.19 Å². The van der Waals surface area contributed by atoms with Crippen molar-refractivity contribution in [2.75, 3.05) is 0 Å². The summed E-state index contributed by atoms with van der Waals surface area (Å²) in [6, 6.07) is 19.8. The Balaban J connectivity index is 2.17. The number of para-hydroxylation sites is 1. The van der Waals surface area contributed by atoms with E-state index in [1.165, 1.54) is 10.8 Å². The largest absolute Gasteiger partial charge is 0.283 e. The van der Waals surface area contributed by atoms with E-state index in [1.807, 2.05) is 18.2 Å². The van der Waals surface area contributed by atoms with Gasteiger partial charge in [0.25, 0.3) is 0 Å². The molecule has 0 aliphatic carbocycles. The van der Waals surface area contributed by atoms with E-state index in [9.17, 15) is 4.79 Å². The summed E-state index contributed by atoms with van der Waals surface area (Å²) in [5, 5.41) is 2.59. The van der Waals surface area contributed by atoms with E-state index < -0.39 is 8.07 Å². The van der Waals surface area contributed by atoms with Gasteiger partial charge in [-0.05, 0) is 23.7 Å². The maximum atomic E-state index is 11.6. The van der Waals surface area contributed by atoms with Crippen molar-refractivity contribution in [1.82, 2.24) is 4.57 Å². The molecule has 0 aliphatic heterocycles. The Kier molecular flexibility index (Phi) is 4.05. The zero-order valence-electron chi connectivity index (χ0n) is 13.6. The Hall–Kier alpha value is -2.39. The second kappa shape index (κ2) is 6.01. The molecule has 2 aromatic carbocycles. The standard InChI is InChI=1S/C20H21NOSi/c1-4-19-18(14-23(2,3)16-10-6-5-7-11-16)17-12-8-9-13-20(17)21(19)15-22/h4-13,15H,1,14H2,2-3H3. The Bertz CT molecular complexity index is 862. The molecular weight excluding hydrogens is 298 g/mol. The Morgan fingerprint density at radius 2 is 1.70 bits per heavy atom. The van der Waals surface area contributed by atoms with Crippen molar-refractivity contribution in [1.29, 1.82) is 0 Å². The third kappa shape index (κ3) is 2.68. The molecule has 0 N–H and O–H groups in total. The second-order valence-corrected chi connectivity index (χ2v) is 11.2. The molecule has 2 nitrogen and oxygen atoms in total. The van der Waals surface area contributed by atoms with Crippen LogP contribution in [0.5, 0.6) is 0 Å². The van der Waals surface area contributed by atoms with E-state index in [1.54, 1.807) is 10.6 Å². The van der Waals surface area contributed by atoms with Crippen LogP contribution in [-0.4, -0.2) is 19.1 Å². The monoisotopic (exact) mass is 319 g/mol. The highest BCUT2D eigenvalue weighted by molar-refractivity contribution is 6.89. The molecular formula is C20H21NOSi. The van der Waals surface area contributed by atoms with Gasteiger partial charge in [0, 0.05) is 5.39 Å². The summed E-state index contributed by atoms with van der Waals surface area (Å²) in [7, 11) is -1.66. The van der Waals surface area contributed by atoms with Crippen LogP contribution in [0.4, 0.5) is 0 Å². The highest BCUT2D eigenvalue weighted by Gasteiger charge is 2.27. The van der Waals surface area contributed by atoms with Gasteiger partial charge in [-0.2, -0.15) is 0 Å². The molecule has 0 unspecified atom stereocenters. The number of rotatable bonds is 5. The van der Waals surface area contributed by atoms with Gasteiger partial charge in [0.15, 0.2) is 0 Å². The minimum Gasteiger partial charge on any atom is -0.283 e. The van der Waals surface area contributed by atoms with Crippen molar-refractivity contribution in [3.63, 3.8) is 0 Å². The van der Waals surface area contributed by atoms with Gasteiger partial charge in [-0.3, -0.25) is 9.36 Å². The predicted octanol–water partition coefficient (Wildman–Crippen LogP) is 4.02. The number of aromatic nitrogens is 1. The maximum Gasteiger partial charge on any atom is 0.218 e. The summed E-state index contributed by atoms with van der Waals surface area (Å²) in [6.07, 6.45) is 2.69. The normalized spacial score (nSPS) is 11.6. The average molecular weight is 319 g/mol. The summed E-state index contributed by atoms with van der Waals surface area (Å²) in [6.45, 7) is 8.69. The fraction of sp³-hybridized carbons (Fsp3) is 0.150. The Morgan fingerprint density at radius 3 is 2.35 bits per heavy atom. The van der Waals surface area contributed by atoms with Crippen LogP contribution in [0, 0.1) is 0 Å². The molecule has 1 aromatic heterocycles. The first kappa shape index (κ1) is 15.5. The highest BCUT2D eigenvalue weighted by Crippen LogP contribution is 2.29. The number of carbonyl (C=O) groups excluding carboxylic acids is 1. The van der Waals surface area contributed by atoms with Crippen LogP contribution in [0.15, 0.2) is 61.2 Å². The molecule has 0 atom stereocenters. The third-order valence-corrected chi connectivity index (χ3v) is 7.66. The van der Waals surface area contributed by atoms with Gasteiger partial charge >= 0.3 is 0 Å². The second-order valence-electron chi connectivity index (χ2n) is 6.49. The lowest BCUT2D eigenvalue weighted by molar-refractivity contribution is 0.548. The molecule has 116 valence electrons. The fourth-order valence-corrected chi connectivity index (χ4v) is 5.86. The molecule has 23 heavy (non-hydrogen) atoms. The molecule has 0 bridgehead atoms. The van der Waals surface area contributed by atoms with Gasteiger partial charge in [-0.25, -0.2) is 0 Å². The number of nitrogens with zero attached hydrogens (tertiary/aromatic N) is 1. The summed E-state index contributed by atoms with van der Waals surface area (Å²) in [4.78, 5) is 11.6. The molecule has 0 fully saturated rings. The van der Waals surface area contributed by atoms with Gasteiger partial charge in [0.05, 0.1) is 19.3 Å². The Morgan fingerprint density at radius 1 is 1.04 bits per heavy atom. The minimum absolute atomic E-state index is 0.889. The van der Waals surface area contributed by atoms with Crippen LogP contribution in [0.1, 0.15) is 11.3 Å². The highest BCUT2D eigenvalue weighted by atomic mass is 28.3. The van der Waals surface area contributed by atoms with Gasteiger partial charge in [0.1, 0.15) is 0 Å². The zero-order chi connectivity index (χ0) is 16.4. The number of hydrogen-bond acceptors (Lipinski definition) is 1. The molecule has 0 saturated carbocycles. The molecule has 0 radical (unpaired) electrons. The third-order valence-electron chi connectivity index (χ3n) is 4.53. The topological polar surface area (TPSA) is 22.0 Å². The van der Waals surface area contributed by atoms with Gasteiger partial charge < -0.3 is 0 Å². The van der Waals surface area contributed by atoms with Crippen LogP contribution in [-0.2, 0) is 10.8 Å². The Labute approximate surface area is 138 Å². The van der Waals surface area contributed by atoms with Crippen molar-refractivity contribution in [3.8, 4) is 0 Å². The molecule has 3 aromatic rings. The molecule has 0 aliphatic rings. The fourth-order valence-electron chi connectivity index (χ4n) is 3.31. The predicted molar refractivity (Wildman–Crippen MR) is 101 cm³/mol. The van der Waals surface area contributed by atoms with Gasteiger partial charge in [-0.15, -0.1) is 0 Å². The number of hydrogen-bond donors (Lipinski definition) is 0. The van der Waals surface area contributed by atoms with Gasteiger partial charge in [-0.1, -0.05) is 73.4 Å². The van der Waals surface area contributed by atoms with Gasteiger partial charge in [0.2, 0.25) is 6.41 Å². The molecule has 1 heterocycles. The van der Waals surface area contributed by atoms with E-state index in [0.29, 0.717) is 0 Å². The van der Waals surface area contributed by atoms with Crippen molar-refractivity contribution in [3.05, 3.63) is 72.4 Å². The van der Waals surface area contributed by atoms with E-state index in [0.717, 1.165) is 29.1 Å². The van der Waals surface area contributed by atoms with E-state index in [4.69, 9.17) is 0 Å². The molecule has 3 heteroatoms.